The molecule has 0 radical (unpaired) electrons. The molecule has 0 heterocycles. The van der Waals surface area contributed by atoms with Crippen LogP contribution in [0.2, 0.25) is 0 Å². The number of methoxy groups -OCH3 is 2. The minimum Gasteiger partial charge on any atom is -0.497 e. The molecular formula is C18H19NO3. The summed E-state index contributed by atoms with van der Waals surface area (Å²) in [7, 11) is 3.26. The van der Waals surface area contributed by atoms with Gasteiger partial charge < -0.3 is 14.8 Å². The predicted octanol–water partition coefficient (Wildman–Crippen LogP) is 3.12. The number of ether oxygens (including phenoxy) is 2. The number of hydrogen-bond donors (Lipinski definition) is 1. The molecule has 22 heavy (non-hydrogen) atoms. The summed E-state index contributed by atoms with van der Waals surface area (Å²) in [5.41, 5.74) is 1.53. The Morgan fingerprint density at radius 3 is 1.86 bits per heavy atom. The van der Waals surface area contributed by atoms with Crippen LogP contribution in [-0.2, 0) is 5.54 Å². The van der Waals surface area contributed by atoms with Gasteiger partial charge in [-0.1, -0.05) is 12.1 Å². The molecule has 0 unspecified atom stereocenters. The van der Waals surface area contributed by atoms with Crippen LogP contribution in [0.1, 0.15) is 28.8 Å². The zero-order chi connectivity index (χ0) is 15.6. The van der Waals surface area contributed by atoms with Crippen molar-refractivity contribution in [1.29, 1.82) is 0 Å². The fourth-order valence-corrected chi connectivity index (χ4v) is 2.55. The molecule has 0 aromatic heterocycles. The van der Waals surface area contributed by atoms with E-state index >= 15 is 0 Å². The highest BCUT2D eigenvalue weighted by molar-refractivity contribution is 5.95. The molecule has 0 bridgehead atoms. The number of carbonyl (C=O) groups is 1. The average Bonchev–Trinajstić information content (AvgIpc) is 3.35. The summed E-state index contributed by atoms with van der Waals surface area (Å²) in [6, 6.07) is 15.0. The van der Waals surface area contributed by atoms with Gasteiger partial charge in [-0.05, 0) is 54.8 Å². The molecule has 4 nitrogen and oxygen atoms in total. The first-order valence-electron chi connectivity index (χ1n) is 7.28. The molecule has 2 aromatic rings. The molecular weight excluding hydrogens is 278 g/mol. The molecule has 114 valence electrons. The lowest BCUT2D eigenvalue weighted by molar-refractivity contribution is 0.0931. The zero-order valence-electron chi connectivity index (χ0n) is 12.8. The molecule has 3 rings (SSSR count). The highest BCUT2D eigenvalue weighted by Crippen LogP contribution is 2.46. The van der Waals surface area contributed by atoms with E-state index in [1.807, 2.05) is 24.3 Å². The van der Waals surface area contributed by atoms with E-state index < -0.39 is 0 Å². The Balaban J connectivity index is 1.74. The summed E-state index contributed by atoms with van der Waals surface area (Å²) in [4.78, 5) is 12.4. The maximum atomic E-state index is 12.4. The fourth-order valence-electron chi connectivity index (χ4n) is 2.55. The van der Waals surface area contributed by atoms with Gasteiger partial charge in [-0.2, -0.15) is 0 Å². The summed E-state index contributed by atoms with van der Waals surface area (Å²) < 4.78 is 10.3. The predicted molar refractivity (Wildman–Crippen MR) is 84.4 cm³/mol. The Hall–Kier alpha value is -2.49. The summed E-state index contributed by atoms with van der Waals surface area (Å²) in [6.07, 6.45) is 1.92. The van der Waals surface area contributed by atoms with Gasteiger partial charge in [-0.25, -0.2) is 0 Å². The van der Waals surface area contributed by atoms with Crippen LogP contribution in [0.15, 0.2) is 48.5 Å². The first-order chi connectivity index (χ1) is 10.7. The third-order valence-corrected chi connectivity index (χ3v) is 4.10. The molecule has 1 fully saturated rings. The summed E-state index contributed by atoms with van der Waals surface area (Å²) in [6.45, 7) is 0. The van der Waals surface area contributed by atoms with E-state index in [-0.39, 0.29) is 11.4 Å². The lowest BCUT2D eigenvalue weighted by Gasteiger charge is -2.18. The van der Waals surface area contributed by atoms with Gasteiger partial charge in [0, 0.05) is 5.56 Å². The van der Waals surface area contributed by atoms with E-state index in [0.29, 0.717) is 5.56 Å². The quantitative estimate of drug-likeness (QED) is 0.922. The van der Waals surface area contributed by atoms with Gasteiger partial charge in [-0.3, -0.25) is 4.79 Å². The molecule has 1 aliphatic rings. The molecule has 0 spiro atoms. The molecule has 0 atom stereocenters. The number of amides is 1. The molecule has 1 aliphatic carbocycles. The van der Waals surface area contributed by atoms with Crippen molar-refractivity contribution in [1.82, 2.24) is 5.32 Å². The summed E-state index contributed by atoms with van der Waals surface area (Å²) >= 11 is 0. The number of carbonyl (C=O) groups excluding carboxylic acids is 1. The number of benzene rings is 2. The van der Waals surface area contributed by atoms with Crippen molar-refractivity contribution in [2.75, 3.05) is 14.2 Å². The second-order valence-corrected chi connectivity index (χ2v) is 5.49. The lowest BCUT2D eigenvalue weighted by atomic mass is 10.0. The van der Waals surface area contributed by atoms with Crippen LogP contribution in [-0.4, -0.2) is 20.1 Å². The van der Waals surface area contributed by atoms with Crippen LogP contribution in [0.4, 0.5) is 0 Å². The summed E-state index contributed by atoms with van der Waals surface area (Å²) in [5.74, 6) is 1.50. The fraction of sp³-hybridized carbons (Fsp3) is 0.278. The standard InChI is InChI=1S/C18H19NO3/c1-21-15-7-3-13(4-8-15)17(20)19-18(11-12-18)14-5-9-16(22-2)10-6-14/h3-10H,11-12H2,1-2H3,(H,19,20). The van der Waals surface area contributed by atoms with E-state index in [1.165, 1.54) is 0 Å². The molecule has 0 saturated heterocycles. The maximum absolute atomic E-state index is 12.4. The topological polar surface area (TPSA) is 47.6 Å². The minimum absolute atomic E-state index is 0.0593. The maximum Gasteiger partial charge on any atom is 0.251 e. The highest BCUT2D eigenvalue weighted by Gasteiger charge is 2.45. The Bertz CT molecular complexity index is 658. The van der Waals surface area contributed by atoms with Crippen molar-refractivity contribution in [2.45, 2.75) is 18.4 Å². The minimum atomic E-state index is -0.233. The SMILES string of the molecule is COc1ccc(C(=O)NC2(c3ccc(OC)cc3)CC2)cc1. The molecule has 0 aliphatic heterocycles. The zero-order valence-corrected chi connectivity index (χ0v) is 12.8. The Morgan fingerprint density at radius 1 is 0.909 bits per heavy atom. The van der Waals surface area contributed by atoms with Gasteiger partial charge >= 0.3 is 0 Å². The Morgan fingerprint density at radius 2 is 1.41 bits per heavy atom. The van der Waals surface area contributed by atoms with Crippen molar-refractivity contribution in [2.24, 2.45) is 0 Å². The van der Waals surface area contributed by atoms with Crippen molar-refractivity contribution in [3.8, 4) is 11.5 Å². The molecule has 4 heteroatoms. The van der Waals surface area contributed by atoms with Crippen LogP contribution < -0.4 is 14.8 Å². The summed E-state index contributed by atoms with van der Waals surface area (Å²) in [5, 5.41) is 3.15. The average molecular weight is 297 g/mol. The molecule has 1 N–H and O–H groups in total. The van der Waals surface area contributed by atoms with E-state index in [4.69, 9.17) is 9.47 Å². The smallest absolute Gasteiger partial charge is 0.251 e. The van der Waals surface area contributed by atoms with E-state index in [0.717, 1.165) is 29.9 Å². The van der Waals surface area contributed by atoms with Crippen LogP contribution in [0.5, 0.6) is 11.5 Å². The first-order valence-corrected chi connectivity index (χ1v) is 7.28. The van der Waals surface area contributed by atoms with Crippen molar-refractivity contribution in [3.05, 3.63) is 59.7 Å². The van der Waals surface area contributed by atoms with Gasteiger partial charge in [0.15, 0.2) is 0 Å². The van der Waals surface area contributed by atoms with Gasteiger partial charge in [0.25, 0.3) is 5.91 Å². The van der Waals surface area contributed by atoms with Crippen molar-refractivity contribution >= 4 is 5.91 Å². The molecule has 1 amide bonds. The second kappa shape index (κ2) is 5.72. The normalized spacial score (nSPS) is 15.0. The van der Waals surface area contributed by atoms with Crippen molar-refractivity contribution < 1.29 is 14.3 Å². The third-order valence-electron chi connectivity index (χ3n) is 4.10. The largest absolute Gasteiger partial charge is 0.497 e. The number of nitrogens with one attached hydrogen (secondary N) is 1. The van der Waals surface area contributed by atoms with Crippen LogP contribution in [0, 0.1) is 0 Å². The Labute approximate surface area is 130 Å². The van der Waals surface area contributed by atoms with Crippen LogP contribution in [0.25, 0.3) is 0 Å². The second-order valence-electron chi connectivity index (χ2n) is 5.49. The Kier molecular flexibility index (Phi) is 3.75. The van der Waals surface area contributed by atoms with E-state index in [2.05, 4.69) is 5.32 Å². The van der Waals surface area contributed by atoms with Gasteiger partial charge in [0.2, 0.25) is 0 Å². The van der Waals surface area contributed by atoms with Crippen LogP contribution in [0.3, 0.4) is 0 Å². The highest BCUT2D eigenvalue weighted by atomic mass is 16.5. The van der Waals surface area contributed by atoms with Gasteiger partial charge in [-0.15, -0.1) is 0 Å². The van der Waals surface area contributed by atoms with Gasteiger partial charge in [0.05, 0.1) is 19.8 Å². The molecule has 2 aromatic carbocycles. The molecule has 1 saturated carbocycles. The van der Waals surface area contributed by atoms with E-state index in [1.54, 1.807) is 38.5 Å². The number of rotatable bonds is 5. The van der Waals surface area contributed by atoms with E-state index in [9.17, 15) is 4.79 Å². The van der Waals surface area contributed by atoms with Crippen LogP contribution >= 0.6 is 0 Å². The third kappa shape index (κ3) is 2.77. The number of hydrogen-bond acceptors (Lipinski definition) is 3. The van der Waals surface area contributed by atoms with Gasteiger partial charge in [0.1, 0.15) is 11.5 Å². The monoisotopic (exact) mass is 297 g/mol. The first kappa shape index (κ1) is 14.4. The lowest BCUT2D eigenvalue weighted by Crippen LogP contribution is -2.34. The van der Waals surface area contributed by atoms with Crippen molar-refractivity contribution in [3.63, 3.8) is 0 Å².